The van der Waals surface area contributed by atoms with E-state index in [9.17, 15) is 0 Å². The topological polar surface area (TPSA) is 0 Å². The zero-order valence-corrected chi connectivity index (χ0v) is 5.99. The SMILES string of the molecule is CCC=C1CC1(C)C. The summed E-state index contributed by atoms with van der Waals surface area (Å²) >= 11 is 0. The van der Waals surface area contributed by atoms with Crippen molar-refractivity contribution >= 4 is 0 Å². The van der Waals surface area contributed by atoms with Gasteiger partial charge in [-0.15, -0.1) is 0 Å². The molecule has 1 aliphatic rings. The van der Waals surface area contributed by atoms with Crippen LogP contribution in [0.2, 0.25) is 0 Å². The lowest BCUT2D eigenvalue weighted by atomic mass is 10.2. The summed E-state index contributed by atoms with van der Waals surface area (Å²) in [4.78, 5) is 0. The molecule has 0 aromatic rings. The highest BCUT2D eigenvalue weighted by molar-refractivity contribution is 5.29. The van der Waals surface area contributed by atoms with Crippen LogP contribution in [-0.2, 0) is 0 Å². The molecule has 0 nitrogen and oxygen atoms in total. The summed E-state index contributed by atoms with van der Waals surface area (Å²) in [6, 6.07) is 0. The van der Waals surface area contributed by atoms with E-state index in [0.717, 1.165) is 0 Å². The molecule has 0 bridgehead atoms. The normalized spacial score (nSPS) is 28.6. The number of hydrogen-bond acceptors (Lipinski definition) is 0. The maximum Gasteiger partial charge on any atom is -0.0107 e. The van der Waals surface area contributed by atoms with Gasteiger partial charge in [-0.3, -0.25) is 0 Å². The Morgan fingerprint density at radius 3 is 2.25 bits per heavy atom. The van der Waals surface area contributed by atoms with Crippen molar-refractivity contribution in [1.29, 1.82) is 0 Å². The summed E-state index contributed by atoms with van der Waals surface area (Å²) < 4.78 is 0. The molecule has 0 saturated heterocycles. The van der Waals surface area contributed by atoms with Crippen LogP contribution in [-0.4, -0.2) is 0 Å². The molecule has 0 heterocycles. The minimum Gasteiger partial charge on any atom is -0.0850 e. The van der Waals surface area contributed by atoms with Crippen LogP contribution in [0.25, 0.3) is 0 Å². The second-order valence-corrected chi connectivity index (χ2v) is 3.20. The fourth-order valence-corrected chi connectivity index (χ4v) is 1.03. The van der Waals surface area contributed by atoms with Crippen LogP contribution in [0.5, 0.6) is 0 Å². The van der Waals surface area contributed by atoms with Crippen LogP contribution in [0.4, 0.5) is 0 Å². The molecule has 8 heavy (non-hydrogen) atoms. The first-order valence-electron chi connectivity index (χ1n) is 3.36. The Hall–Kier alpha value is -0.260. The number of rotatable bonds is 1. The first-order chi connectivity index (χ1) is 3.67. The molecule has 0 aromatic carbocycles. The van der Waals surface area contributed by atoms with E-state index in [1.807, 2.05) is 0 Å². The van der Waals surface area contributed by atoms with Crippen molar-refractivity contribution in [3.05, 3.63) is 11.6 Å². The second kappa shape index (κ2) is 1.61. The highest BCUT2D eigenvalue weighted by Crippen LogP contribution is 2.50. The molecule has 1 fully saturated rings. The first-order valence-corrected chi connectivity index (χ1v) is 3.36. The fraction of sp³-hybridized carbons (Fsp3) is 0.750. The monoisotopic (exact) mass is 110 g/mol. The smallest absolute Gasteiger partial charge is 0.0107 e. The molecule has 1 rings (SSSR count). The fourth-order valence-electron chi connectivity index (χ4n) is 1.03. The van der Waals surface area contributed by atoms with E-state index >= 15 is 0 Å². The van der Waals surface area contributed by atoms with Crippen LogP contribution in [0.3, 0.4) is 0 Å². The van der Waals surface area contributed by atoms with Gasteiger partial charge in [-0.05, 0) is 18.3 Å². The molecule has 46 valence electrons. The first kappa shape index (κ1) is 5.87. The van der Waals surface area contributed by atoms with Gasteiger partial charge < -0.3 is 0 Å². The predicted molar refractivity (Wildman–Crippen MR) is 36.8 cm³/mol. The maximum absolute atomic E-state index is 2.35. The van der Waals surface area contributed by atoms with E-state index in [1.165, 1.54) is 12.8 Å². The summed E-state index contributed by atoms with van der Waals surface area (Å²) in [6.07, 6.45) is 4.89. The molecule has 0 N–H and O–H groups in total. The molecular formula is C8H14. The van der Waals surface area contributed by atoms with Crippen molar-refractivity contribution in [1.82, 2.24) is 0 Å². The van der Waals surface area contributed by atoms with Crippen LogP contribution < -0.4 is 0 Å². The number of allylic oxidation sites excluding steroid dienone is 2. The lowest BCUT2D eigenvalue weighted by molar-refractivity contribution is 0.685. The highest BCUT2D eigenvalue weighted by Gasteiger charge is 2.37. The standard InChI is InChI=1S/C8H14/c1-4-5-7-6-8(7,2)3/h5H,4,6H2,1-3H3. The molecule has 0 aliphatic heterocycles. The van der Waals surface area contributed by atoms with Crippen LogP contribution in [0.1, 0.15) is 33.6 Å². The summed E-state index contributed by atoms with van der Waals surface area (Å²) in [7, 11) is 0. The van der Waals surface area contributed by atoms with Crippen LogP contribution >= 0.6 is 0 Å². The Balaban J connectivity index is 2.47. The van der Waals surface area contributed by atoms with Crippen molar-refractivity contribution in [2.45, 2.75) is 33.6 Å². The van der Waals surface area contributed by atoms with Crippen molar-refractivity contribution < 1.29 is 0 Å². The lowest BCUT2D eigenvalue weighted by Gasteiger charge is -1.90. The summed E-state index contributed by atoms with van der Waals surface area (Å²) in [5, 5.41) is 0. The largest absolute Gasteiger partial charge is 0.0850 e. The summed E-state index contributed by atoms with van der Waals surface area (Å²) in [5.74, 6) is 0. The average Bonchev–Trinajstić information content (AvgIpc) is 2.15. The lowest BCUT2D eigenvalue weighted by Crippen LogP contribution is -1.78. The third-order valence-corrected chi connectivity index (χ3v) is 1.83. The molecule has 0 radical (unpaired) electrons. The van der Waals surface area contributed by atoms with Gasteiger partial charge in [-0.1, -0.05) is 32.4 Å². The third kappa shape index (κ3) is 0.936. The molecule has 0 aromatic heterocycles. The van der Waals surface area contributed by atoms with Gasteiger partial charge >= 0.3 is 0 Å². The van der Waals surface area contributed by atoms with Gasteiger partial charge in [0.05, 0.1) is 0 Å². The molecule has 0 amide bonds. The average molecular weight is 110 g/mol. The zero-order chi connectivity index (χ0) is 6.20. The van der Waals surface area contributed by atoms with E-state index in [4.69, 9.17) is 0 Å². The van der Waals surface area contributed by atoms with Crippen LogP contribution in [0.15, 0.2) is 11.6 Å². The Morgan fingerprint density at radius 2 is 2.12 bits per heavy atom. The number of hydrogen-bond donors (Lipinski definition) is 0. The van der Waals surface area contributed by atoms with Gasteiger partial charge in [-0.25, -0.2) is 0 Å². The Bertz CT molecular complexity index is 118. The molecule has 0 heteroatoms. The summed E-state index contributed by atoms with van der Waals surface area (Å²) in [6.45, 7) is 6.80. The molecule has 1 aliphatic carbocycles. The molecule has 1 saturated carbocycles. The third-order valence-electron chi connectivity index (χ3n) is 1.83. The van der Waals surface area contributed by atoms with Gasteiger partial charge in [0.2, 0.25) is 0 Å². The van der Waals surface area contributed by atoms with Gasteiger partial charge in [0.1, 0.15) is 0 Å². The highest BCUT2D eigenvalue weighted by atomic mass is 14.4. The Kier molecular flexibility index (Phi) is 1.18. The molecular weight excluding hydrogens is 96.1 g/mol. The van der Waals surface area contributed by atoms with E-state index in [1.54, 1.807) is 5.57 Å². The van der Waals surface area contributed by atoms with Crippen molar-refractivity contribution in [3.63, 3.8) is 0 Å². The maximum atomic E-state index is 2.35. The molecule has 0 atom stereocenters. The van der Waals surface area contributed by atoms with Gasteiger partial charge in [0.25, 0.3) is 0 Å². The van der Waals surface area contributed by atoms with Crippen molar-refractivity contribution in [2.75, 3.05) is 0 Å². The zero-order valence-electron chi connectivity index (χ0n) is 5.99. The van der Waals surface area contributed by atoms with Gasteiger partial charge in [-0.2, -0.15) is 0 Å². The van der Waals surface area contributed by atoms with E-state index < -0.39 is 0 Å². The second-order valence-electron chi connectivity index (χ2n) is 3.20. The van der Waals surface area contributed by atoms with E-state index in [2.05, 4.69) is 26.8 Å². The summed E-state index contributed by atoms with van der Waals surface area (Å²) in [5.41, 5.74) is 2.23. The van der Waals surface area contributed by atoms with E-state index in [0.29, 0.717) is 5.41 Å². The van der Waals surface area contributed by atoms with E-state index in [-0.39, 0.29) is 0 Å². The van der Waals surface area contributed by atoms with Gasteiger partial charge in [0.15, 0.2) is 0 Å². The quantitative estimate of drug-likeness (QED) is 0.455. The van der Waals surface area contributed by atoms with Crippen molar-refractivity contribution in [3.8, 4) is 0 Å². The van der Waals surface area contributed by atoms with Crippen molar-refractivity contribution in [2.24, 2.45) is 5.41 Å². The molecule has 0 unspecified atom stereocenters. The van der Waals surface area contributed by atoms with Gasteiger partial charge in [0, 0.05) is 0 Å². The minimum atomic E-state index is 0.579. The van der Waals surface area contributed by atoms with Crippen LogP contribution in [0, 0.1) is 5.41 Å². The Morgan fingerprint density at radius 1 is 1.62 bits per heavy atom. The molecule has 0 spiro atoms. The minimum absolute atomic E-state index is 0.579. The Labute approximate surface area is 51.6 Å². The predicted octanol–water partition coefficient (Wildman–Crippen LogP) is 2.75.